The van der Waals surface area contributed by atoms with E-state index >= 15 is 0 Å². The number of nitrogens with zero attached hydrogens (tertiary/aromatic N) is 3. The Hall–Kier alpha value is -2.67. The van der Waals surface area contributed by atoms with Crippen LogP contribution in [0.5, 0.6) is 0 Å². The third-order valence-electron chi connectivity index (χ3n) is 2.96. The number of amides is 1. The molecule has 1 heterocycles. The fraction of sp³-hybridized carbons (Fsp3) is 0.312. The number of carbonyl (C=O) groups is 1. The third-order valence-corrected chi connectivity index (χ3v) is 2.96. The molecule has 23 heavy (non-hydrogen) atoms. The maximum atomic E-state index is 11.1. The maximum absolute atomic E-state index is 11.1. The lowest BCUT2D eigenvalue weighted by atomic mass is 10.3. The Labute approximate surface area is 136 Å². The van der Waals surface area contributed by atoms with Gasteiger partial charge in [0, 0.05) is 37.6 Å². The predicted molar refractivity (Wildman–Crippen MR) is 93.1 cm³/mol. The van der Waals surface area contributed by atoms with Crippen LogP contribution in [0.3, 0.4) is 0 Å². The Kier molecular flexibility index (Phi) is 5.87. The minimum Gasteiger partial charge on any atom is -0.369 e. The van der Waals surface area contributed by atoms with Crippen molar-refractivity contribution in [2.45, 2.75) is 6.92 Å². The molecule has 1 aromatic heterocycles. The van der Waals surface area contributed by atoms with E-state index in [1.807, 2.05) is 44.4 Å². The molecular weight excluding hydrogens is 292 g/mol. The summed E-state index contributed by atoms with van der Waals surface area (Å²) in [6.45, 7) is 3.21. The molecule has 0 aliphatic heterocycles. The molecule has 0 atom stereocenters. The van der Waals surface area contributed by atoms with E-state index < -0.39 is 0 Å². The molecular formula is C16H22N6O. The first-order valence-electron chi connectivity index (χ1n) is 7.39. The van der Waals surface area contributed by atoms with Gasteiger partial charge < -0.3 is 20.9 Å². The van der Waals surface area contributed by atoms with Gasteiger partial charge in [-0.3, -0.25) is 4.79 Å². The molecule has 0 unspecified atom stereocenters. The highest BCUT2D eigenvalue weighted by Gasteiger charge is 2.02. The van der Waals surface area contributed by atoms with Crippen LogP contribution in [0.4, 0.5) is 23.1 Å². The van der Waals surface area contributed by atoms with Gasteiger partial charge in [0.15, 0.2) is 0 Å². The summed E-state index contributed by atoms with van der Waals surface area (Å²) >= 11 is 0. The molecule has 0 aliphatic rings. The second-order valence-electron chi connectivity index (χ2n) is 5.38. The lowest BCUT2D eigenvalue weighted by Gasteiger charge is -2.12. The normalized spacial score (nSPS) is 10.4. The van der Waals surface area contributed by atoms with Crippen LogP contribution in [0.15, 0.2) is 36.5 Å². The van der Waals surface area contributed by atoms with Crippen molar-refractivity contribution in [3.8, 4) is 0 Å². The van der Waals surface area contributed by atoms with Gasteiger partial charge in [0.1, 0.15) is 5.82 Å². The SMILES string of the molecule is CC(=O)Nc1cccc(Nc2nccc(NCCN(C)C)n2)c1. The molecule has 0 bridgehead atoms. The van der Waals surface area contributed by atoms with Crippen molar-refractivity contribution >= 4 is 29.0 Å². The Morgan fingerprint density at radius 2 is 2.00 bits per heavy atom. The zero-order valence-electron chi connectivity index (χ0n) is 13.6. The van der Waals surface area contributed by atoms with E-state index in [2.05, 4.69) is 30.8 Å². The molecule has 0 radical (unpaired) electrons. The average molecular weight is 314 g/mol. The molecule has 1 aromatic carbocycles. The smallest absolute Gasteiger partial charge is 0.229 e. The minimum absolute atomic E-state index is 0.106. The average Bonchev–Trinajstić information content (AvgIpc) is 2.47. The summed E-state index contributed by atoms with van der Waals surface area (Å²) < 4.78 is 0. The Bertz CT molecular complexity index is 659. The highest BCUT2D eigenvalue weighted by molar-refractivity contribution is 5.89. The lowest BCUT2D eigenvalue weighted by Crippen LogP contribution is -2.21. The van der Waals surface area contributed by atoms with Gasteiger partial charge in [0.25, 0.3) is 0 Å². The number of nitrogens with one attached hydrogen (secondary N) is 3. The molecule has 7 heteroatoms. The van der Waals surface area contributed by atoms with E-state index in [-0.39, 0.29) is 5.91 Å². The van der Waals surface area contributed by atoms with Crippen LogP contribution < -0.4 is 16.0 Å². The van der Waals surface area contributed by atoms with Gasteiger partial charge in [-0.2, -0.15) is 4.98 Å². The highest BCUT2D eigenvalue weighted by atomic mass is 16.1. The van der Waals surface area contributed by atoms with E-state index in [0.717, 1.165) is 30.3 Å². The van der Waals surface area contributed by atoms with Crippen molar-refractivity contribution in [1.82, 2.24) is 14.9 Å². The molecule has 0 spiro atoms. The van der Waals surface area contributed by atoms with Crippen molar-refractivity contribution < 1.29 is 4.79 Å². The molecule has 0 fully saturated rings. The van der Waals surface area contributed by atoms with Crippen LogP contribution in [0.25, 0.3) is 0 Å². The van der Waals surface area contributed by atoms with E-state index in [1.165, 1.54) is 6.92 Å². The van der Waals surface area contributed by atoms with E-state index in [0.29, 0.717) is 5.95 Å². The third kappa shape index (κ3) is 5.91. The summed E-state index contributed by atoms with van der Waals surface area (Å²) in [6, 6.07) is 9.23. The molecule has 7 nitrogen and oxygen atoms in total. The van der Waals surface area contributed by atoms with Crippen molar-refractivity contribution in [2.24, 2.45) is 0 Å². The number of rotatable bonds is 7. The minimum atomic E-state index is -0.106. The zero-order chi connectivity index (χ0) is 16.7. The largest absolute Gasteiger partial charge is 0.369 e. The molecule has 122 valence electrons. The summed E-state index contributed by atoms with van der Waals surface area (Å²) in [7, 11) is 4.05. The molecule has 1 amide bonds. The number of benzene rings is 1. The molecule has 3 N–H and O–H groups in total. The van der Waals surface area contributed by atoms with Gasteiger partial charge in [-0.1, -0.05) is 6.07 Å². The first-order valence-corrected chi connectivity index (χ1v) is 7.39. The first kappa shape index (κ1) is 16.7. The Morgan fingerprint density at radius 3 is 2.74 bits per heavy atom. The molecule has 2 aromatic rings. The quantitative estimate of drug-likeness (QED) is 0.726. The Morgan fingerprint density at radius 1 is 1.22 bits per heavy atom. The number of likely N-dealkylation sites (N-methyl/N-ethyl adjacent to an activating group) is 1. The van der Waals surface area contributed by atoms with E-state index in [1.54, 1.807) is 6.20 Å². The van der Waals surface area contributed by atoms with Crippen LogP contribution in [-0.4, -0.2) is 48.0 Å². The van der Waals surface area contributed by atoms with Gasteiger partial charge in [-0.05, 0) is 38.4 Å². The first-order chi connectivity index (χ1) is 11.0. The summed E-state index contributed by atoms with van der Waals surface area (Å²) in [5, 5.41) is 9.13. The van der Waals surface area contributed by atoms with Crippen LogP contribution in [0.2, 0.25) is 0 Å². The van der Waals surface area contributed by atoms with Crippen molar-refractivity contribution in [3.05, 3.63) is 36.5 Å². The monoisotopic (exact) mass is 314 g/mol. The predicted octanol–water partition coefficient (Wildman–Crippen LogP) is 2.15. The van der Waals surface area contributed by atoms with Crippen molar-refractivity contribution in [2.75, 3.05) is 43.1 Å². The van der Waals surface area contributed by atoms with Crippen LogP contribution in [0, 0.1) is 0 Å². The number of hydrogen-bond acceptors (Lipinski definition) is 6. The number of anilines is 4. The molecule has 0 saturated carbocycles. The fourth-order valence-electron chi connectivity index (χ4n) is 1.93. The summed E-state index contributed by atoms with van der Waals surface area (Å²) in [4.78, 5) is 21.8. The topological polar surface area (TPSA) is 82.2 Å². The van der Waals surface area contributed by atoms with Gasteiger partial charge in [-0.25, -0.2) is 4.98 Å². The van der Waals surface area contributed by atoms with Crippen LogP contribution in [-0.2, 0) is 4.79 Å². The van der Waals surface area contributed by atoms with Crippen molar-refractivity contribution in [3.63, 3.8) is 0 Å². The van der Waals surface area contributed by atoms with Crippen molar-refractivity contribution in [1.29, 1.82) is 0 Å². The summed E-state index contributed by atoms with van der Waals surface area (Å²) in [6.07, 6.45) is 1.70. The lowest BCUT2D eigenvalue weighted by molar-refractivity contribution is -0.114. The second kappa shape index (κ2) is 8.09. The second-order valence-corrected chi connectivity index (χ2v) is 5.38. The van der Waals surface area contributed by atoms with Gasteiger partial charge in [-0.15, -0.1) is 0 Å². The number of carbonyl (C=O) groups excluding carboxylic acids is 1. The van der Waals surface area contributed by atoms with Crippen LogP contribution in [0.1, 0.15) is 6.92 Å². The number of aromatic nitrogens is 2. The molecule has 2 rings (SSSR count). The van der Waals surface area contributed by atoms with Gasteiger partial charge >= 0.3 is 0 Å². The zero-order valence-corrected chi connectivity index (χ0v) is 13.6. The Balaban J connectivity index is 2.01. The summed E-state index contributed by atoms with van der Waals surface area (Å²) in [5.41, 5.74) is 1.53. The standard InChI is InChI=1S/C16H22N6O/c1-12(23)19-13-5-4-6-14(11-13)20-16-18-8-7-15(21-16)17-9-10-22(2)3/h4-8,11H,9-10H2,1-3H3,(H,19,23)(H2,17,18,20,21). The van der Waals surface area contributed by atoms with Gasteiger partial charge in [0.05, 0.1) is 0 Å². The highest BCUT2D eigenvalue weighted by Crippen LogP contribution is 2.18. The van der Waals surface area contributed by atoms with Gasteiger partial charge in [0.2, 0.25) is 11.9 Å². The van der Waals surface area contributed by atoms with E-state index in [9.17, 15) is 4.79 Å². The maximum Gasteiger partial charge on any atom is 0.229 e. The summed E-state index contributed by atoms with van der Waals surface area (Å²) in [5.74, 6) is 1.16. The fourth-order valence-corrected chi connectivity index (χ4v) is 1.93. The molecule has 0 aliphatic carbocycles. The molecule has 0 saturated heterocycles. The van der Waals surface area contributed by atoms with E-state index in [4.69, 9.17) is 0 Å². The van der Waals surface area contributed by atoms with Crippen LogP contribution >= 0.6 is 0 Å². The number of hydrogen-bond donors (Lipinski definition) is 3.